The predicted octanol–water partition coefficient (Wildman–Crippen LogP) is 3.85. The predicted molar refractivity (Wildman–Crippen MR) is 112 cm³/mol. The van der Waals surface area contributed by atoms with E-state index in [0.29, 0.717) is 22.0 Å². The van der Waals surface area contributed by atoms with Gasteiger partial charge < -0.3 is 10.2 Å². The maximum Gasteiger partial charge on any atom is 0.321 e. The summed E-state index contributed by atoms with van der Waals surface area (Å²) in [5, 5.41) is 7.72. The summed E-state index contributed by atoms with van der Waals surface area (Å²) in [6.45, 7) is 0. The second kappa shape index (κ2) is 7.84. The Kier molecular flexibility index (Phi) is 5.09. The van der Waals surface area contributed by atoms with Gasteiger partial charge in [0.25, 0.3) is 5.91 Å². The highest BCUT2D eigenvalue weighted by Crippen LogP contribution is 2.28. The number of urea groups is 1. The summed E-state index contributed by atoms with van der Waals surface area (Å²) in [5.74, 6) is -0.884. The first kappa shape index (κ1) is 18.8. The van der Waals surface area contributed by atoms with Gasteiger partial charge in [-0.3, -0.25) is 10.1 Å². The number of fused-ring (bicyclic) bond motifs is 1. The van der Waals surface area contributed by atoms with E-state index >= 15 is 0 Å². The van der Waals surface area contributed by atoms with Crippen molar-refractivity contribution in [3.8, 4) is 0 Å². The number of benzene rings is 2. The molecule has 29 heavy (non-hydrogen) atoms. The number of carbonyl (C=O) groups excluding carboxylic acids is 2. The first-order valence-corrected chi connectivity index (χ1v) is 9.73. The summed E-state index contributed by atoms with van der Waals surface area (Å²) in [4.78, 5) is 31.3. The number of halogens is 1. The van der Waals surface area contributed by atoms with E-state index in [-0.39, 0.29) is 5.56 Å². The molecule has 0 spiro atoms. The highest BCUT2D eigenvalue weighted by atomic mass is 32.1. The molecule has 146 valence electrons. The van der Waals surface area contributed by atoms with Gasteiger partial charge in [0.1, 0.15) is 5.82 Å². The van der Waals surface area contributed by atoms with Gasteiger partial charge in [0.2, 0.25) is 6.17 Å². The molecule has 8 heteroatoms. The zero-order valence-electron chi connectivity index (χ0n) is 15.4. The molecule has 3 amide bonds. The van der Waals surface area contributed by atoms with Crippen LogP contribution in [0.5, 0.6) is 0 Å². The number of aliphatic imine (C=N–C) groups is 1. The lowest BCUT2D eigenvalue weighted by atomic mass is 10.00. The first-order chi connectivity index (χ1) is 14.0. The lowest BCUT2D eigenvalue weighted by Gasteiger charge is -2.20. The standard InChI is InChI=1S/C21H17FN4O2S/c1-26-16-10-5-3-8-14(16)18(13-7-2-4-9-15(13)22)24-19(20(26)27)25-21(28)23-17-11-6-12-29-17/h2-12,19H,1H3,(H2,23,25,28). The highest BCUT2D eigenvalue weighted by molar-refractivity contribution is 7.14. The van der Waals surface area contributed by atoms with Crippen molar-refractivity contribution >= 4 is 39.7 Å². The van der Waals surface area contributed by atoms with Gasteiger partial charge in [-0.05, 0) is 35.7 Å². The van der Waals surface area contributed by atoms with E-state index in [1.807, 2.05) is 5.38 Å². The van der Waals surface area contributed by atoms with Crippen molar-refractivity contribution in [3.05, 3.63) is 83.0 Å². The van der Waals surface area contributed by atoms with Gasteiger partial charge in [-0.25, -0.2) is 14.2 Å². The molecule has 2 N–H and O–H groups in total. The number of thiophene rings is 1. The van der Waals surface area contributed by atoms with Crippen molar-refractivity contribution in [2.75, 3.05) is 17.3 Å². The fourth-order valence-electron chi connectivity index (χ4n) is 3.11. The van der Waals surface area contributed by atoms with Crippen molar-refractivity contribution in [1.29, 1.82) is 0 Å². The number of carbonyl (C=O) groups is 2. The lowest BCUT2D eigenvalue weighted by Crippen LogP contribution is -2.47. The minimum absolute atomic E-state index is 0.258. The van der Waals surface area contributed by atoms with Gasteiger partial charge in [0.15, 0.2) is 0 Å². The number of hydrogen-bond acceptors (Lipinski definition) is 4. The number of amides is 3. The number of rotatable bonds is 3. The smallest absolute Gasteiger partial charge is 0.311 e. The van der Waals surface area contributed by atoms with Crippen LogP contribution in [0.4, 0.5) is 19.9 Å². The first-order valence-electron chi connectivity index (χ1n) is 8.85. The van der Waals surface area contributed by atoms with Crippen LogP contribution in [0, 0.1) is 5.82 Å². The molecule has 0 radical (unpaired) electrons. The average molecular weight is 408 g/mol. The molecule has 2 heterocycles. The van der Waals surface area contributed by atoms with Gasteiger partial charge >= 0.3 is 6.03 Å². The summed E-state index contributed by atoms with van der Waals surface area (Å²) in [6.07, 6.45) is -1.21. The van der Waals surface area contributed by atoms with Crippen LogP contribution in [0.15, 0.2) is 71.0 Å². The molecule has 1 unspecified atom stereocenters. The van der Waals surface area contributed by atoms with Crippen molar-refractivity contribution in [1.82, 2.24) is 5.32 Å². The summed E-state index contributed by atoms with van der Waals surface area (Å²) < 4.78 is 14.6. The SMILES string of the molecule is CN1C(=O)C(NC(=O)Nc2cccs2)N=C(c2ccccc2F)c2ccccc21. The Balaban J connectivity index is 1.76. The molecule has 0 fully saturated rings. The molecule has 1 atom stereocenters. The third-order valence-corrected chi connectivity index (χ3v) is 5.28. The molecule has 0 saturated carbocycles. The molecule has 6 nitrogen and oxygen atoms in total. The van der Waals surface area contributed by atoms with Crippen molar-refractivity contribution in [3.63, 3.8) is 0 Å². The minimum atomic E-state index is -1.21. The average Bonchev–Trinajstić information content (AvgIpc) is 3.20. The summed E-state index contributed by atoms with van der Waals surface area (Å²) in [6, 6.07) is 16.3. The zero-order valence-corrected chi connectivity index (χ0v) is 16.2. The molecular formula is C21H17FN4O2S. The number of nitrogens with zero attached hydrogens (tertiary/aromatic N) is 2. The molecule has 1 aliphatic rings. The molecule has 1 aliphatic heterocycles. The van der Waals surface area contributed by atoms with Gasteiger partial charge in [-0.1, -0.05) is 30.3 Å². The van der Waals surface area contributed by atoms with Gasteiger partial charge in [-0.2, -0.15) is 0 Å². The van der Waals surface area contributed by atoms with E-state index in [2.05, 4.69) is 15.6 Å². The number of para-hydroxylation sites is 1. The van der Waals surface area contributed by atoms with Crippen molar-refractivity contribution < 1.29 is 14.0 Å². The fraction of sp³-hybridized carbons (Fsp3) is 0.0952. The Morgan fingerprint density at radius 1 is 1.07 bits per heavy atom. The quantitative estimate of drug-likeness (QED) is 0.691. The molecule has 0 aliphatic carbocycles. The molecule has 4 rings (SSSR count). The van der Waals surface area contributed by atoms with Crippen LogP contribution in [0.3, 0.4) is 0 Å². The van der Waals surface area contributed by atoms with Crippen molar-refractivity contribution in [2.24, 2.45) is 4.99 Å². The minimum Gasteiger partial charge on any atom is -0.311 e. The molecule has 1 aromatic heterocycles. The van der Waals surface area contributed by atoms with Gasteiger partial charge in [0.05, 0.1) is 16.4 Å². The van der Waals surface area contributed by atoms with Crippen LogP contribution < -0.4 is 15.5 Å². The molecule has 0 saturated heterocycles. The van der Waals surface area contributed by atoms with Crippen LogP contribution in [-0.4, -0.2) is 30.9 Å². The van der Waals surface area contributed by atoms with E-state index in [0.717, 1.165) is 0 Å². The van der Waals surface area contributed by atoms with E-state index in [1.54, 1.807) is 61.6 Å². The Labute approximate surface area is 170 Å². The van der Waals surface area contributed by atoms with E-state index in [4.69, 9.17) is 0 Å². The van der Waals surface area contributed by atoms with E-state index in [1.165, 1.54) is 22.3 Å². The maximum atomic E-state index is 14.6. The third kappa shape index (κ3) is 3.74. The Hall–Kier alpha value is -3.52. The van der Waals surface area contributed by atoms with Crippen LogP contribution in [-0.2, 0) is 4.79 Å². The maximum absolute atomic E-state index is 14.6. The monoisotopic (exact) mass is 408 g/mol. The zero-order chi connectivity index (χ0) is 20.4. The number of likely N-dealkylation sites (N-methyl/N-ethyl adjacent to an activating group) is 1. The lowest BCUT2D eigenvalue weighted by molar-refractivity contribution is -0.119. The Morgan fingerprint density at radius 2 is 1.79 bits per heavy atom. The van der Waals surface area contributed by atoms with E-state index in [9.17, 15) is 14.0 Å². The summed E-state index contributed by atoms with van der Waals surface area (Å²) in [5.41, 5.74) is 1.75. The van der Waals surface area contributed by atoms with E-state index < -0.39 is 23.9 Å². The number of anilines is 2. The molecule has 3 aromatic rings. The molecule has 2 aromatic carbocycles. The second-order valence-corrected chi connectivity index (χ2v) is 7.30. The third-order valence-electron chi connectivity index (χ3n) is 4.50. The van der Waals surface area contributed by atoms with Crippen LogP contribution in [0.2, 0.25) is 0 Å². The summed E-state index contributed by atoms with van der Waals surface area (Å²) in [7, 11) is 1.60. The number of nitrogens with one attached hydrogen (secondary N) is 2. The van der Waals surface area contributed by atoms with Crippen LogP contribution in [0.25, 0.3) is 0 Å². The largest absolute Gasteiger partial charge is 0.321 e. The van der Waals surface area contributed by atoms with Gasteiger partial charge in [-0.15, -0.1) is 11.3 Å². The number of benzodiazepines with no additional fused rings is 1. The van der Waals surface area contributed by atoms with Crippen LogP contribution in [0.1, 0.15) is 11.1 Å². The van der Waals surface area contributed by atoms with Gasteiger partial charge in [0, 0.05) is 18.2 Å². The van der Waals surface area contributed by atoms with Crippen LogP contribution >= 0.6 is 11.3 Å². The Morgan fingerprint density at radius 3 is 2.52 bits per heavy atom. The normalized spacial score (nSPS) is 15.9. The Bertz CT molecular complexity index is 1100. The molecular weight excluding hydrogens is 391 g/mol. The topological polar surface area (TPSA) is 73.8 Å². The summed E-state index contributed by atoms with van der Waals surface area (Å²) >= 11 is 1.36. The highest BCUT2D eigenvalue weighted by Gasteiger charge is 2.31. The number of hydrogen-bond donors (Lipinski definition) is 2. The molecule has 0 bridgehead atoms. The second-order valence-electron chi connectivity index (χ2n) is 6.35. The van der Waals surface area contributed by atoms with Crippen molar-refractivity contribution in [2.45, 2.75) is 6.17 Å². The fourth-order valence-corrected chi connectivity index (χ4v) is 3.72.